The number of nitrogens with one attached hydrogen (secondary N) is 1. The molecule has 0 unspecified atom stereocenters. The van der Waals surface area contributed by atoms with Gasteiger partial charge in [-0.15, -0.1) is 0 Å². The first-order valence-corrected chi connectivity index (χ1v) is 9.29. The maximum Gasteiger partial charge on any atom is 0.317 e. The lowest BCUT2D eigenvalue weighted by Gasteiger charge is -2.51. The zero-order valence-electron chi connectivity index (χ0n) is 15.5. The van der Waals surface area contributed by atoms with Crippen molar-refractivity contribution in [1.82, 2.24) is 15.1 Å². The highest BCUT2D eigenvalue weighted by atomic mass is 16.2. The van der Waals surface area contributed by atoms with E-state index in [4.69, 9.17) is 0 Å². The topological polar surface area (TPSA) is 52.7 Å². The molecule has 3 amide bonds. The molecule has 5 heteroatoms. The third kappa shape index (κ3) is 3.37. The van der Waals surface area contributed by atoms with Crippen LogP contribution in [0.5, 0.6) is 0 Å². The van der Waals surface area contributed by atoms with Crippen molar-refractivity contribution in [3.8, 4) is 0 Å². The number of piperidine rings is 2. The van der Waals surface area contributed by atoms with Crippen molar-refractivity contribution in [2.45, 2.75) is 52.1 Å². The van der Waals surface area contributed by atoms with E-state index in [2.05, 4.69) is 24.4 Å². The molecule has 0 bridgehead atoms. The van der Waals surface area contributed by atoms with Gasteiger partial charge in [-0.1, -0.05) is 29.8 Å². The number of aryl methyl sites for hydroxylation is 1. The minimum absolute atomic E-state index is 0.0606. The standard InChI is InChI=1S/C20H29N3O2/c1-15-6-8-17(9-7-15)14-21-19(25)23-13-5-11-20(16(23)2)10-4-12-22(3)18(20)24/h6-9,16H,4-5,10-14H2,1-3H3,(H,21,25)/t16-,20-/m0/s1. The maximum absolute atomic E-state index is 12.9. The van der Waals surface area contributed by atoms with Crippen molar-refractivity contribution in [3.63, 3.8) is 0 Å². The maximum atomic E-state index is 12.9. The molecule has 2 fully saturated rings. The van der Waals surface area contributed by atoms with Gasteiger partial charge in [0.2, 0.25) is 5.91 Å². The number of rotatable bonds is 2. The molecule has 1 spiro atoms. The number of carbonyl (C=O) groups excluding carboxylic acids is 2. The van der Waals surface area contributed by atoms with Gasteiger partial charge in [-0.25, -0.2) is 4.79 Å². The van der Waals surface area contributed by atoms with E-state index >= 15 is 0 Å². The summed E-state index contributed by atoms with van der Waals surface area (Å²) in [6, 6.07) is 8.06. The van der Waals surface area contributed by atoms with Gasteiger partial charge in [0.05, 0.1) is 5.41 Å². The van der Waals surface area contributed by atoms with Gasteiger partial charge in [-0.05, 0) is 45.1 Å². The SMILES string of the molecule is Cc1ccc(CNC(=O)N2CCC[C@@]3(CCCN(C)C3=O)[C@@H]2C)cc1. The van der Waals surface area contributed by atoms with Crippen LogP contribution in [0.1, 0.15) is 43.7 Å². The summed E-state index contributed by atoms with van der Waals surface area (Å²) in [5, 5.41) is 3.03. The zero-order chi connectivity index (χ0) is 18.0. The first-order valence-electron chi connectivity index (χ1n) is 9.29. The van der Waals surface area contributed by atoms with E-state index in [9.17, 15) is 9.59 Å². The van der Waals surface area contributed by atoms with Crippen LogP contribution in [0.15, 0.2) is 24.3 Å². The summed E-state index contributed by atoms with van der Waals surface area (Å²) in [6.07, 6.45) is 3.69. The third-order valence-electron chi connectivity index (χ3n) is 6.00. The molecule has 2 heterocycles. The monoisotopic (exact) mass is 343 g/mol. The van der Waals surface area contributed by atoms with Gasteiger partial charge in [0.15, 0.2) is 0 Å². The fourth-order valence-electron chi connectivity index (χ4n) is 4.37. The van der Waals surface area contributed by atoms with Gasteiger partial charge >= 0.3 is 6.03 Å². The molecule has 136 valence electrons. The molecule has 2 atom stereocenters. The average molecular weight is 343 g/mol. The second-order valence-corrected chi connectivity index (χ2v) is 7.60. The lowest BCUT2D eigenvalue weighted by molar-refractivity contribution is -0.151. The molecular formula is C20H29N3O2. The fraction of sp³-hybridized carbons (Fsp3) is 0.600. The van der Waals surface area contributed by atoms with Crippen LogP contribution in [-0.2, 0) is 11.3 Å². The summed E-state index contributed by atoms with van der Waals surface area (Å²) in [5.41, 5.74) is 1.90. The third-order valence-corrected chi connectivity index (χ3v) is 6.00. The van der Waals surface area contributed by atoms with E-state index in [1.54, 1.807) is 0 Å². The highest BCUT2D eigenvalue weighted by Gasteiger charge is 2.51. The van der Waals surface area contributed by atoms with Crippen LogP contribution in [0, 0.1) is 12.3 Å². The van der Waals surface area contributed by atoms with E-state index < -0.39 is 5.41 Å². The van der Waals surface area contributed by atoms with Crippen LogP contribution in [0.25, 0.3) is 0 Å². The molecule has 0 aliphatic carbocycles. The summed E-state index contributed by atoms with van der Waals surface area (Å²) in [4.78, 5) is 29.3. The molecule has 0 aromatic heterocycles. The Morgan fingerprint density at radius 3 is 2.52 bits per heavy atom. The summed E-state index contributed by atoms with van der Waals surface area (Å²) in [6.45, 7) is 6.16. The number of hydrogen-bond donors (Lipinski definition) is 1. The zero-order valence-corrected chi connectivity index (χ0v) is 15.5. The van der Waals surface area contributed by atoms with Crippen molar-refractivity contribution < 1.29 is 9.59 Å². The molecule has 0 saturated carbocycles. The van der Waals surface area contributed by atoms with Crippen LogP contribution in [-0.4, -0.2) is 47.9 Å². The molecule has 0 radical (unpaired) electrons. The Morgan fingerprint density at radius 1 is 1.20 bits per heavy atom. The number of benzene rings is 1. The quantitative estimate of drug-likeness (QED) is 0.898. The Labute approximate surface area is 150 Å². The van der Waals surface area contributed by atoms with E-state index in [1.807, 2.05) is 35.9 Å². The molecule has 1 N–H and O–H groups in total. The second kappa shape index (κ2) is 7.06. The number of urea groups is 1. The lowest BCUT2D eigenvalue weighted by Crippen LogP contribution is -2.62. The van der Waals surface area contributed by atoms with Gasteiger partial charge < -0.3 is 15.1 Å². The summed E-state index contributed by atoms with van der Waals surface area (Å²) in [7, 11) is 1.88. The smallest absolute Gasteiger partial charge is 0.317 e. The number of hydrogen-bond acceptors (Lipinski definition) is 2. The van der Waals surface area contributed by atoms with Crippen molar-refractivity contribution in [3.05, 3.63) is 35.4 Å². The Morgan fingerprint density at radius 2 is 1.84 bits per heavy atom. The van der Waals surface area contributed by atoms with Crippen molar-refractivity contribution in [1.29, 1.82) is 0 Å². The average Bonchev–Trinajstić information content (AvgIpc) is 2.61. The fourth-order valence-corrected chi connectivity index (χ4v) is 4.37. The van der Waals surface area contributed by atoms with Crippen LogP contribution < -0.4 is 5.32 Å². The molecule has 1 aromatic rings. The first kappa shape index (κ1) is 17.8. The van der Waals surface area contributed by atoms with Crippen LogP contribution in [0.4, 0.5) is 4.79 Å². The Hall–Kier alpha value is -2.04. The summed E-state index contributed by atoms with van der Waals surface area (Å²) < 4.78 is 0. The first-order chi connectivity index (χ1) is 11.9. The van der Waals surface area contributed by atoms with Crippen LogP contribution >= 0.6 is 0 Å². The van der Waals surface area contributed by atoms with Gasteiger partial charge in [-0.2, -0.15) is 0 Å². The van der Waals surface area contributed by atoms with Crippen molar-refractivity contribution in [2.75, 3.05) is 20.1 Å². The van der Waals surface area contributed by atoms with Crippen molar-refractivity contribution in [2.24, 2.45) is 5.41 Å². The Balaban J connectivity index is 1.68. The van der Waals surface area contributed by atoms with Gasteiger partial charge in [-0.3, -0.25) is 4.79 Å². The van der Waals surface area contributed by atoms with Crippen molar-refractivity contribution >= 4 is 11.9 Å². The molecule has 5 nitrogen and oxygen atoms in total. The summed E-state index contributed by atoms with van der Waals surface area (Å²) >= 11 is 0. The van der Waals surface area contributed by atoms with Crippen LogP contribution in [0.3, 0.4) is 0 Å². The predicted octanol–water partition coefficient (Wildman–Crippen LogP) is 2.93. The molecular weight excluding hydrogens is 314 g/mol. The van der Waals surface area contributed by atoms with Gasteiger partial charge in [0.25, 0.3) is 0 Å². The number of carbonyl (C=O) groups is 2. The molecule has 3 rings (SSSR count). The highest BCUT2D eigenvalue weighted by Crippen LogP contribution is 2.43. The predicted molar refractivity (Wildman–Crippen MR) is 98.1 cm³/mol. The van der Waals surface area contributed by atoms with Gasteiger partial charge in [0.1, 0.15) is 0 Å². The number of nitrogens with zero attached hydrogens (tertiary/aromatic N) is 2. The second-order valence-electron chi connectivity index (χ2n) is 7.60. The lowest BCUT2D eigenvalue weighted by atomic mass is 9.68. The Bertz CT molecular complexity index is 639. The van der Waals surface area contributed by atoms with E-state index in [1.165, 1.54) is 5.56 Å². The van der Waals surface area contributed by atoms with Gasteiger partial charge in [0, 0.05) is 32.7 Å². The molecule has 2 aliphatic rings. The number of likely N-dealkylation sites (tertiary alicyclic amines) is 2. The number of amides is 3. The minimum Gasteiger partial charge on any atom is -0.345 e. The van der Waals surface area contributed by atoms with E-state index in [-0.39, 0.29) is 18.0 Å². The molecule has 2 saturated heterocycles. The molecule has 1 aromatic carbocycles. The normalized spacial score (nSPS) is 26.8. The Kier molecular flexibility index (Phi) is 5.02. The molecule has 2 aliphatic heterocycles. The summed E-state index contributed by atoms with van der Waals surface area (Å²) in [5.74, 6) is 0.210. The van der Waals surface area contributed by atoms with E-state index in [0.29, 0.717) is 6.54 Å². The highest BCUT2D eigenvalue weighted by molar-refractivity contribution is 5.85. The van der Waals surface area contributed by atoms with Crippen LogP contribution in [0.2, 0.25) is 0 Å². The molecule has 25 heavy (non-hydrogen) atoms. The largest absolute Gasteiger partial charge is 0.345 e. The minimum atomic E-state index is -0.396. The van der Waals surface area contributed by atoms with E-state index in [0.717, 1.165) is 44.3 Å².